The predicted octanol–water partition coefficient (Wildman–Crippen LogP) is 4.97. The Labute approximate surface area is 194 Å². The van der Waals surface area contributed by atoms with Gasteiger partial charge in [0.05, 0.1) is 5.75 Å². The number of benzene rings is 2. The molecule has 1 aliphatic rings. The van der Waals surface area contributed by atoms with Crippen LogP contribution in [0.3, 0.4) is 0 Å². The van der Waals surface area contributed by atoms with Crippen LogP contribution in [0.15, 0.2) is 59.5 Å². The van der Waals surface area contributed by atoms with Gasteiger partial charge in [0.15, 0.2) is 0 Å². The third-order valence-electron chi connectivity index (χ3n) is 5.05. The van der Waals surface area contributed by atoms with Crippen LogP contribution in [0.4, 0.5) is 5.13 Å². The van der Waals surface area contributed by atoms with Gasteiger partial charge in [0.1, 0.15) is 5.01 Å². The molecule has 2 amide bonds. The van der Waals surface area contributed by atoms with Gasteiger partial charge in [0, 0.05) is 34.5 Å². The highest BCUT2D eigenvalue weighted by Crippen LogP contribution is 2.27. The van der Waals surface area contributed by atoms with Crippen molar-refractivity contribution in [2.75, 3.05) is 18.4 Å². The number of hydrogen-bond donors (Lipinski definition) is 1. The van der Waals surface area contributed by atoms with Crippen LogP contribution in [-0.4, -0.2) is 40.0 Å². The molecule has 1 N–H and O–H groups in total. The first-order valence-corrected chi connectivity index (χ1v) is 12.1. The second kappa shape index (κ2) is 10.3. The van der Waals surface area contributed by atoms with Crippen LogP contribution < -0.4 is 5.32 Å². The predicted molar refractivity (Wildman–Crippen MR) is 125 cm³/mol. The van der Waals surface area contributed by atoms with E-state index in [2.05, 4.69) is 27.6 Å². The van der Waals surface area contributed by atoms with Crippen molar-refractivity contribution < 1.29 is 9.59 Å². The van der Waals surface area contributed by atoms with Gasteiger partial charge < -0.3 is 10.2 Å². The molecule has 9 heteroatoms. The average Bonchev–Trinajstić information content (AvgIpc) is 3.26. The van der Waals surface area contributed by atoms with Crippen molar-refractivity contribution in [2.24, 2.45) is 5.92 Å². The number of aromatic nitrogens is 2. The number of likely N-dealkylation sites (tertiary alicyclic amines) is 1. The van der Waals surface area contributed by atoms with E-state index in [1.54, 1.807) is 40.9 Å². The highest BCUT2D eigenvalue weighted by atomic mass is 35.5. The molecule has 160 valence electrons. The van der Waals surface area contributed by atoms with Crippen molar-refractivity contribution in [3.8, 4) is 0 Å². The Balaban J connectivity index is 1.25. The second-order valence-corrected chi connectivity index (χ2v) is 9.71. The van der Waals surface area contributed by atoms with Crippen molar-refractivity contribution in [1.29, 1.82) is 0 Å². The Bertz CT molecular complexity index is 1040. The quantitative estimate of drug-likeness (QED) is 0.512. The van der Waals surface area contributed by atoms with E-state index in [0.29, 0.717) is 47.4 Å². The monoisotopic (exact) mass is 472 g/mol. The summed E-state index contributed by atoms with van der Waals surface area (Å²) in [5.74, 6) is 0.487. The molecule has 1 aliphatic heterocycles. The van der Waals surface area contributed by atoms with E-state index in [1.165, 1.54) is 16.2 Å². The number of nitrogens with one attached hydrogen (secondary N) is 1. The molecule has 1 fully saturated rings. The smallest absolute Gasteiger partial charge is 0.253 e. The van der Waals surface area contributed by atoms with Crippen LogP contribution >= 0.6 is 34.7 Å². The number of piperidine rings is 1. The van der Waals surface area contributed by atoms with Gasteiger partial charge in [-0.15, -0.1) is 22.0 Å². The van der Waals surface area contributed by atoms with Gasteiger partial charge in [0.25, 0.3) is 5.91 Å². The van der Waals surface area contributed by atoms with E-state index in [-0.39, 0.29) is 17.7 Å². The summed E-state index contributed by atoms with van der Waals surface area (Å²) in [5.41, 5.74) is 0.613. The fourth-order valence-corrected chi connectivity index (χ4v) is 5.13. The topological polar surface area (TPSA) is 75.2 Å². The lowest BCUT2D eigenvalue weighted by molar-refractivity contribution is -0.121. The van der Waals surface area contributed by atoms with Gasteiger partial charge >= 0.3 is 0 Å². The van der Waals surface area contributed by atoms with Crippen molar-refractivity contribution in [1.82, 2.24) is 15.1 Å². The van der Waals surface area contributed by atoms with Crippen LogP contribution in [0.1, 0.15) is 28.2 Å². The molecule has 3 aromatic rings. The van der Waals surface area contributed by atoms with Crippen molar-refractivity contribution >= 4 is 51.6 Å². The minimum atomic E-state index is -0.139. The third kappa shape index (κ3) is 5.84. The average molecular weight is 473 g/mol. The van der Waals surface area contributed by atoms with Crippen LogP contribution in [0.25, 0.3) is 0 Å². The van der Waals surface area contributed by atoms with Crippen LogP contribution in [0, 0.1) is 5.92 Å². The van der Waals surface area contributed by atoms with Gasteiger partial charge in [-0.2, -0.15) is 0 Å². The molecule has 2 heterocycles. The first-order valence-electron chi connectivity index (χ1n) is 9.94. The number of hydrogen-bond acceptors (Lipinski definition) is 6. The van der Waals surface area contributed by atoms with Crippen LogP contribution in [0.5, 0.6) is 0 Å². The molecule has 0 saturated carbocycles. The zero-order valence-corrected chi connectivity index (χ0v) is 19.1. The number of anilines is 1. The minimum absolute atomic E-state index is 0.0276. The normalized spacial score (nSPS) is 14.4. The zero-order chi connectivity index (χ0) is 21.6. The van der Waals surface area contributed by atoms with Crippen LogP contribution in [-0.2, 0) is 10.5 Å². The molecule has 1 saturated heterocycles. The van der Waals surface area contributed by atoms with E-state index >= 15 is 0 Å². The van der Waals surface area contributed by atoms with Gasteiger partial charge in [-0.05, 0) is 49.2 Å². The lowest BCUT2D eigenvalue weighted by atomic mass is 9.95. The molecule has 0 atom stereocenters. The van der Waals surface area contributed by atoms with Gasteiger partial charge in [0.2, 0.25) is 11.0 Å². The van der Waals surface area contributed by atoms with E-state index in [0.717, 1.165) is 5.01 Å². The lowest BCUT2D eigenvalue weighted by Crippen LogP contribution is -2.41. The molecule has 0 radical (unpaired) electrons. The Hall–Kier alpha value is -2.42. The molecule has 0 bridgehead atoms. The standard InChI is InChI=1S/C22H21ClN4O2S2/c23-17-8-6-16(7-9-17)21(29)27-12-10-15(11-13-27)20(28)24-22-26-25-19(31-22)14-30-18-4-2-1-3-5-18/h1-9,15H,10-14H2,(H,24,26,28). The van der Waals surface area contributed by atoms with Gasteiger partial charge in [-0.3, -0.25) is 9.59 Å². The van der Waals surface area contributed by atoms with Crippen molar-refractivity contribution in [3.63, 3.8) is 0 Å². The van der Waals surface area contributed by atoms with E-state index in [9.17, 15) is 9.59 Å². The summed E-state index contributed by atoms with van der Waals surface area (Å²) < 4.78 is 0. The van der Waals surface area contributed by atoms with Gasteiger partial charge in [-0.25, -0.2) is 0 Å². The minimum Gasteiger partial charge on any atom is -0.339 e. The maximum atomic E-state index is 12.6. The number of carbonyl (C=O) groups excluding carboxylic acids is 2. The molecule has 1 aromatic heterocycles. The highest BCUT2D eigenvalue weighted by Gasteiger charge is 2.28. The van der Waals surface area contributed by atoms with Crippen molar-refractivity contribution in [2.45, 2.75) is 23.5 Å². The summed E-state index contributed by atoms with van der Waals surface area (Å²) in [6.07, 6.45) is 1.25. The summed E-state index contributed by atoms with van der Waals surface area (Å²) in [7, 11) is 0. The maximum Gasteiger partial charge on any atom is 0.253 e. The fraction of sp³-hybridized carbons (Fsp3) is 0.273. The highest BCUT2D eigenvalue weighted by molar-refractivity contribution is 7.98. The largest absolute Gasteiger partial charge is 0.339 e. The zero-order valence-electron chi connectivity index (χ0n) is 16.7. The second-order valence-electron chi connectivity index (χ2n) is 7.17. The molecule has 2 aromatic carbocycles. The molecular weight excluding hydrogens is 452 g/mol. The number of thioether (sulfide) groups is 1. The number of carbonyl (C=O) groups is 2. The number of amides is 2. The molecular formula is C22H21ClN4O2S2. The molecule has 4 rings (SSSR count). The Morgan fingerprint density at radius 3 is 2.48 bits per heavy atom. The summed E-state index contributed by atoms with van der Waals surface area (Å²) >= 11 is 8.97. The maximum absolute atomic E-state index is 12.6. The Morgan fingerprint density at radius 1 is 1.06 bits per heavy atom. The van der Waals surface area contributed by atoms with E-state index < -0.39 is 0 Å². The number of rotatable bonds is 6. The van der Waals surface area contributed by atoms with Crippen molar-refractivity contribution in [3.05, 3.63) is 70.2 Å². The van der Waals surface area contributed by atoms with E-state index in [1.807, 2.05) is 18.2 Å². The molecule has 6 nitrogen and oxygen atoms in total. The van der Waals surface area contributed by atoms with Crippen LogP contribution in [0.2, 0.25) is 5.02 Å². The lowest BCUT2D eigenvalue weighted by Gasteiger charge is -2.31. The fourth-order valence-electron chi connectivity index (χ4n) is 3.35. The summed E-state index contributed by atoms with van der Waals surface area (Å²) in [5, 5.41) is 13.2. The number of halogens is 1. The summed E-state index contributed by atoms with van der Waals surface area (Å²) in [6.45, 7) is 1.10. The Morgan fingerprint density at radius 2 is 1.77 bits per heavy atom. The Kier molecular flexibility index (Phi) is 7.21. The summed E-state index contributed by atoms with van der Waals surface area (Å²) in [4.78, 5) is 28.2. The SMILES string of the molecule is O=C(Nc1nnc(CSc2ccccc2)s1)C1CCN(C(=O)c2ccc(Cl)cc2)CC1. The molecule has 0 spiro atoms. The third-order valence-corrected chi connectivity index (χ3v) is 7.34. The molecule has 31 heavy (non-hydrogen) atoms. The van der Waals surface area contributed by atoms with E-state index in [4.69, 9.17) is 11.6 Å². The number of nitrogens with zero attached hydrogens (tertiary/aromatic N) is 3. The molecule has 0 unspecified atom stereocenters. The summed E-state index contributed by atoms with van der Waals surface area (Å²) in [6, 6.07) is 17.0. The molecule has 0 aliphatic carbocycles. The first-order chi connectivity index (χ1) is 15.1. The van der Waals surface area contributed by atoms with Gasteiger partial charge in [-0.1, -0.05) is 41.1 Å². The first kappa shape index (κ1) is 21.8.